The number of unbranched alkanes of at least 4 members (excludes halogenated alkanes) is 23. The number of allylic oxidation sites excluding steroid dienone is 1. The summed E-state index contributed by atoms with van der Waals surface area (Å²) in [5.74, 6) is -0.282. The second-order valence-electron chi connectivity index (χ2n) is 17.2. The van der Waals surface area contributed by atoms with E-state index in [2.05, 4.69) is 27.5 Å². The molecule has 1 aliphatic heterocycles. The molecule has 64 heavy (non-hydrogen) atoms. The third kappa shape index (κ3) is 28.2. The number of carbonyl (C=O) groups excluding carboxylic acids is 1. The van der Waals surface area contributed by atoms with Gasteiger partial charge in [0.25, 0.3) is 0 Å². The lowest BCUT2D eigenvalue weighted by molar-refractivity contribution is -0.293. The highest BCUT2D eigenvalue weighted by Crippen LogP contribution is 2.29. The van der Waals surface area contributed by atoms with Crippen molar-refractivity contribution in [3.8, 4) is 0 Å². The van der Waals surface area contributed by atoms with Gasteiger partial charge in [0.2, 0.25) is 5.91 Å². The third-order valence-electron chi connectivity index (χ3n) is 11.5. The molecule has 1 fully saturated rings. The Bertz CT molecular complexity index is 1570. The van der Waals surface area contributed by atoms with E-state index in [1.54, 1.807) is 0 Å². The standard InChI is InChI=1S/C47H83NO14S2/c1-3-5-7-9-11-13-15-17-19-21-23-25-30-34-41(58-37-39-32-28-27-29-33-39)40(48-43(50)35-31-26-24-22-20-18-16-14-12-10-8-6-4-2)38-59-47-46(62-64(55,56)57)45(61-63(52,53)54)44(51)42(36-49)60-47/h27-30,32-34,40-42,44-47,49,51H,3-26,31,35-38H2,1-2H3,(H,48,50)(H,52,53,54)(H,55,56,57)/b34-30+/t40-,41+,42?,44?,45?,46?,47?/m0/s1. The summed E-state index contributed by atoms with van der Waals surface area (Å²) in [7, 11) is -10.7. The van der Waals surface area contributed by atoms with Crippen LogP contribution in [0.25, 0.3) is 0 Å². The molecule has 0 aliphatic carbocycles. The van der Waals surface area contributed by atoms with Gasteiger partial charge >= 0.3 is 20.8 Å². The summed E-state index contributed by atoms with van der Waals surface area (Å²) in [4.78, 5) is 13.6. The predicted octanol–water partition coefficient (Wildman–Crippen LogP) is 9.27. The molecule has 1 aromatic carbocycles. The zero-order valence-corrected chi connectivity index (χ0v) is 40.4. The second-order valence-corrected chi connectivity index (χ2v) is 19.3. The quantitative estimate of drug-likeness (QED) is 0.0235. The van der Waals surface area contributed by atoms with Crippen molar-refractivity contribution < 1.29 is 63.5 Å². The topological polar surface area (TPSA) is 224 Å². The van der Waals surface area contributed by atoms with Crippen molar-refractivity contribution >= 4 is 26.7 Å². The van der Waals surface area contributed by atoms with Crippen LogP contribution in [0.2, 0.25) is 0 Å². The van der Waals surface area contributed by atoms with E-state index in [1.807, 2.05) is 42.5 Å². The number of benzene rings is 1. The van der Waals surface area contributed by atoms with Crippen LogP contribution in [0.1, 0.15) is 186 Å². The molecule has 17 heteroatoms. The van der Waals surface area contributed by atoms with Gasteiger partial charge in [0.05, 0.1) is 32.0 Å². The third-order valence-corrected chi connectivity index (χ3v) is 12.5. The fraction of sp³-hybridized carbons (Fsp3) is 0.809. The second kappa shape index (κ2) is 35.2. The maximum Gasteiger partial charge on any atom is 0.397 e. The summed E-state index contributed by atoms with van der Waals surface area (Å²) >= 11 is 0. The highest BCUT2D eigenvalue weighted by Gasteiger charge is 2.51. The summed E-state index contributed by atoms with van der Waals surface area (Å²) in [5.41, 5.74) is 0.867. The predicted molar refractivity (Wildman–Crippen MR) is 248 cm³/mol. The number of hydrogen-bond acceptors (Lipinski definition) is 12. The first-order chi connectivity index (χ1) is 30.8. The maximum absolute atomic E-state index is 13.6. The van der Waals surface area contributed by atoms with E-state index in [1.165, 1.54) is 109 Å². The highest BCUT2D eigenvalue weighted by molar-refractivity contribution is 7.81. The molecule has 1 saturated heterocycles. The van der Waals surface area contributed by atoms with Crippen LogP contribution in [-0.4, -0.2) is 98.1 Å². The number of hydrogen-bond donors (Lipinski definition) is 5. The normalized spacial score (nSPS) is 20.4. The van der Waals surface area contributed by atoms with Crippen molar-refractivity contribution in [3.05, 3.63) is 48.0 Å². The minimum absolute atomic E-state index is 0.164. The van der Waals surface area contributed by atoms with Crippen LogP contribution in [0, 0.1) is 0 Å². The fourth-order valence-corrected chi connectivity index (χ4v) is 8.88. The molecule has 372 valence electrons. The SMILES string of the molecule is CCCCCCCCCCCCC/C=C/[C@@H](OCc1ccccc1)[C@H](COC1OC(CO)C(O)C(OS(=O)(=O)O)C1OS(=O)(=O)O)NC(=O)CCCCCCCCCCCCCCC. The molecule has 5 N–H and O–H groups in total. The Kier molecular flexibility index (Phi) is 31.9. The van der Waals surface area contributed by atoms with Crippen molar-refractivity contribution in [3.63, 3.8) is 0 Å². The Hall–Kier alpha value is -2.03. The summed E-state index contributed by atoms with van der Waals surface area (Å²) in [5, 5.41) is 23.7. The van der Waals surface area contributed by atoms with Crippen LogP contribution in [0.3, 0.4) is 0 Å². The molecule has 1 amide bonds. The van der Waals surface area contributed by atoms with Crippen LogP contribution in [0.4, 0.5) is 0 Å². The van der Waals surface area contributed by atoms with Gasteiger partial charge in [-0.05, 0) is 24.8 Å². The summed E-state index contributed by atoms with van der Waals surface area (Å²) in [6.07, 6.45) is 22.4. The van der Waals surface area contributed by atoms with Crippen molar-refractivity contribution in [1.29, 1.82) is 0 Å². The minimum Gasteiger partial charge on any atom is -0.394 e. The average Bonchev–Trinajstić information content (AvgIpc) is 3.25. The van der Waals surface area contributed by atoms with Crippen molar-refractivity contribution in [1.82, 2.24) is 5.32 Å². The lowest BCUT2D eigenvalue weighted by Crippen LogP contribution is -2.62. The molecule has 0 saturated carbocycles. The number of rotatable bonds is 40. The lowest BCUT2D eigenvalue weighted by Gasteiger charge is -2.42. The lowest BCUT2D eigenvalue weighted by atomic mass is 9.99. The molecule has 2 rings (SSSR count). The monoisotopic (exact) mass is 950 g/mol. The van der Waals surface area contributed by atoms with E-state index >= 15 is 0 Å². The van der Waals surface area contributed by atoms with Gasteiger partial charge in [-0.15, -0.1) is 0 Å². The number of amides is 1. The van der Waals surface area contributed by atoms with Crippen LogP contribution in [0.5, 0.6) is 0 Å². The molecule has 1 aliphatic rings. The van der Waals surface area contributed by atoms with Crippen molar-refractivity contribution in [2.24, 2.45) is 0 Å². The molecule has 1 heterocycles. The molecule has 5 unspecified atom stereocenters. The first-order valence-corrected chi connectivity index (χ1v) is 27.0. The molecule has 0 aromatic heterocycles. The van der Waals surface area contributed by atoms with Crippen molar-refractivity contribution in [2.75, 3.05) is 13.2 Å². The number of aliphatic hydroxyl groups is 2. The van der Waals surface area contributed by atoms with Crippen LogP contribution in [0.15, 0.2) is 42.5 Å². The van der Waals surface area contributed by atoms with Crippen LogP contribution >= 0.6 is 0 Å². The maximum atomic E-state index is 13.6. The largest absolute Gasteiger partial charge is 0.397 e. The smallest absolute Gasteiger partial charge is 0.394 e. The molecule has 1 aromatic rings. The first kappa shape index (κ1) is 58.1. The van der Waals surface area contributed by atoms with Gasteiger partial charge in [-0.2, -0.15) is 16.8 Å². The molecule has 15 nitrogen and oxygen atoms in total. The number of carbonyl (C=O) groups is 1. The van der Waals surface area contributed by atoms with Gasteiger partial charge in [-0.1, -0.05) is 198 Å². The molecular formula is C47H83NO14S2. The van der Waals surface area contributed by atoms with E-state index in [-0.39, 0.29) is 18.9 Å². The van der Waals surface area contributed by atoms with E-state index in [4.69, 9.17) is 14.2 Å². The van der Waals surface area contributed by atoms with Gasteiger partial charge < -0.3 is 29.7 Å². The van der Waals surface area contributed by atoms with E-state index in [0.29, 0.717) is 6.42 Å². The Labute approximate surface area is 385 Å². The van der Waals surface area contributed by atoms with E-state index < -0.39 is 76.9 Å². The number of aliphatic hydroxyl groups excluding tert-OH is 2. The van der Waals surface area contributed by atoms with Gasteiger partial charge in [0, 0.05) is 6.42 Å². The fourth-order valence-electron chi connectivity index (χ4n) is 7.90. The average molecular weight is 950 g/mol. The Morgan fingerprint density at radius 1 is 0.703 bits per heavy atom. The Morgan fingerprint density at radius 3 is 1.66 bits per heavy atom. The first-order valence-electron chi connectivity index (χ1n) is 24.3. The summed E-state index contributed by atoms with van der Waals surface area (Å²) in [6, 6.07) is 8.50. The van der Waals surface area contributed by atoms with Crippen molar-refractivity contribution in [2.45, 2.75) is 230 Å². The van der Waals surface area contributed by atoms with Crippen LogP contribution in [-0.2, 0) is 54.8 Å². The van der Waals surface area contributed by atoms with Gasteiger partial charge in [-0.3, -0.25) is 13.9 Å². The van der Waals surface area contributed by atoms with Gasteiger partial charge in [-0.25, -0.2) is 8.37 Å². The summed E-state index contributed by atoms with van der Waals surface area (Å²) in [6.45, 7) is 3.27. The Morgan fingerprint density at radius 2 is 1.17 bits per heavy atom. The Balaban J connectivity index is 2.18. The van der Waals surface area contributed by atoms with Crippen LogP contribution < -0.4 is 5.32 Å². The summed E-state index contributed by atoms with van der Waals surface area (Å²) < 4.78 is 93.7. The van der Waals surface area contributed by atoms with E-state index in [0.717, 1.165) is 50.5 Å². The van der Waals surface area contributed by atoms with E-state index in [9.17, 15) is 40.9 Å². The number of ether oxygens (including phenoxy) is 3. The molecular weight excluding hydrogens is 867 g/mol. The van der Waals surface area contributed by atoms with Gasteiger partial charge in [0.1, 0.15) is 18.3 Å². The zero-order chi connectivity index (χ0) is 46.9. The minimum atomic E-state index is -5.36. The number of nitrogens with one attached hydrogen (secondary N) is 1. The molecule has 0 radical (unpaired) electrons. The molecule has 0 bridgehead atoms. The van der Waals surface area contributed by atoms with Gasteiger partial charge in [0.15, 0.2) is 12.4 Å². The highest BCUT2D eigenvalue weighted by atomic mass is 32.3. The zero-order valence-electron chi connectivity index (χ0n) is 38.8. The molecule has 7 atom stereocenters. The molecule has 0 spiro atoms.